The van der Waals surface area contributed by atoms with Crippen molar-refractivity contribution in [2.45, 2.75) is 64.2 Å². The minimum Gasteiger partial charge on any atom is -0.271 e. The molecule has 0 saturated heterocycles. The van der Waals surface area contributed by atoms with Crippen molar-refractivity contribution in [3.05, 3.63) is 40.3 Å². The quantitative estimate of drug-likeness (QED) is 0.753. The Kier molecular flexibility index (Phi) is 5.14. The van der Waals surface area contributed by atoms with E-state index in [0.29, 0.717) is 10.5 Å². The van der Waals surface area contributed by atoms with Crippen molar-refractivity contribution in [1.82, 2.24) is 4.90 Å². The molecular formula is C20H25NO2S. The molecule has 1 heterocycles. The minimum absolute atomic E-state index is 0.0736. The van der Waals surface area contributed by atoms with Gasteiger partial charge in [0.25, 0.3) is 11.8 Å². The molecule has 0 radical (unpaired) electrons. The summed E-state index contributed by atoms with van der Waals surface area (Å²) >= 11 is 1.52. The maximum absolute atomic E-state index is 13.1. The lowest BCUT2D eigenvalue weighted by Crippen LogP contribution is -2.42. The van der Waals surface area contributed by atoms with Crippen LogP contribution in [0, 0.1) is 6.92 Å². The number of thioether (sulfide) groups is 1. The Morgan fingerprint density at radius 2 is 1.62 bits per heavy atom. The summed E-state index contributed by atoms with van der Waals surface area (Å²) in [6.45, 7) is 6.15. The summed E-state index contributed by atoms with van der Waals surface area (Å²) in [6, 6.07) is 7.99. The molecule has 0 unspecified atom stereocenters. The Morgan fingerprint density at radius 1 is 1.00 bits per heavy atom. The molecule has 1 aliphatic heterocycles. The molecule has 2 amide bonds. The lowest BCUT2D eigenvalue weighted by Gasteiger charge is -2.30. The first-order chi connectivity index (χ1) is 11.5. The first kappa shape index (κ1) is 17.3. The smallest absolute Gasteiger partial charge is 0.268 e. The van der Waals surface area contributed by atoms with Gasteiger partial charge in [0.05, 0.1) is 10.5 Å². The zero-order chi connectivity index (χ0) is 17.3. The van der Waals surface area contributed by atoms with Gasteiger partial charge >= 0.3 is 0 Å². The lowest BCUT2D eigenvalue weighted by atomic mass is 9.94. The number of amides is 2. The molecule has 128 valence electrons. The number of imide groups is 1. The SMILES string of the molecule is Cc1ccc(C2=C(SC(C)C)C(=O)N(C3CCCCC3)C2=O)cc1. The molecule has 0 bridgehead atoms. The largest absolute Gasteiger partial charge is 0.271 e. The first-order valence-electron chi connectivity index (χ1n) is 8.85. The van der Waals surface area contributed by atoms with Crippen LogP contribution in [0.25, 0.3) is 5.57 Å². The molecule has 2 aliphatic rings. The maximum Gasteiger partial charge on any atom is 0.268 e. The average molecular weight is 343 g/mol. The predicted molar refractivity (Wildman–Crippen MR) is 99.6 cm³/mol. The maximum atomic E-state index is 13.1. The molecule has 0 atom stereocenters. The fourth-order valence-corrected chi connectivity index (χ4v) is 4.51. The van der Waals surface area contributed by atoms with Gasteiger partial charge in [0.2, 0.25) is 0 Å². The van der Waals surface area contributed by atoms with Gasteiger partial charge in [-0.2, -0.15) is 0 Å². The van der Waals surface area contributed by atoms with E-state index in [4.69, 9.17) is 0 Å². The van der Waals surface area contributed by atoms with Gasteiger partial charge in [0.1, 0.15) is 0 Å². The molecule has 1 aliphatic carbocycles. The summed E-state index contributed by atoms with van der Waals surface area (Å²) in [5, 5.41) is 0.267. The second kappa shape index (κ2) is 7.14. The lowest BCUT2D eigenvalue weighted by molar-refractivity contribution is -0.139. The summed E-state index contributed by atoms with van der Waals surface area (Å²) in [5.41, 5.74) is 2.61. The molecule has 1 saturated carbocycles. The number of rotatable bonds is 4. The molecule has 0 aromatic heterocycles. The Balaban J connectivity index is 1.99. The van der Waals surface area contributed by atoms with E-state index in [1.165, 1.54) is 18.2 Å². The van der Waals surface area contributed by atoms with E-state index in [9.17, 15) is 9.59 Å². The topological polar surface area (TPSA) is 37.4 Å². The summed E-state index contributed by atoms with van der Waals surface area (Å²) < 4.78 is 0. The molecule has 1 aromatic carbocycles. The fourth-order valence-electron chi connectivity index (χ4n) is 3.52. The van der Waals surface area contributed by atoms with Gasteiger partial charge in [-0.1, -0.05) is 62.9 Å². The zero-order valence-electron chi connectivity index (χ0n) is 14.7. The highest BCUT2D eigenvalue weighted by molar-refractivity contribution is 8.04. The molecule has 0 N–H and O–H groups in total. The Morgan fingerprint density at radius 3 is 2.21 bits per heavy atom. The van der Waals surface area contributed by atoms with Crippen LogP contribution in [-0.4, -0.2) is 28.0 Å². The molecule has 24 heavy (non-hydrogen) atoms. The molecular weight excluding hydrogens is 318 g/mol. The predicted octanol–water partition coefficient (Wildman–Crippen LogP) is 4.55. The van der Waals surface area contributed by atoms with Gasteiger partial charge in [-0.3, -0.25) is 14.5 Å². The van der Waals surface area contributed by atoms with E-state index < -0.39 is 0 Å². The summed E-state index contributed by atoms with van der Waals surface area (Å²) in [4.78, 5) is 28.3. The molecule has 4 heteroatoms. The van der Waals surface area contributed by atoms with Crippen molar-refractivity contribution in [1.29, 1.82) is 0 Å². The number of hydrogen-bond acceptors (Lipinski definition) is 3. The third-order valence-corrected chi connectivity index (χ3v) is 5.79. The zero-order valence-corrected chi connectivity index (χ0v) is 15.5. The third kappa shape index (κ3) is 3.30. The molecule has 3 nitrogen and oxygen atoms in total. The van der Waals surface area contributed by atoms with E-state index in [-0.39, 0.29) is 23.1 Å². The Hall–Kier alpha value is -1.55. The van der Waals surface area contributed by atoms with Crippen LogP contribution in [0.3, 0.4) is 0 Å². The highest BCUT2D eigenvalue weighted by Gasteiger charge is 2.43. The van der Waals surface area contributed by atoms with Gasteiger partial charge in [-0.05, 0) is 25.3 Å². The number of carbonyl (C=O) groups is 2. The van der Waals surface area contributed by atoms with Crippen LogP contribution < -0.4 is 0 Å². The third-order valence-electron chi connectivity index (χ3n) is 4.71. The monoisotopic (exact) mass is 343 g/mol. The molecule has 0 spiro atoms. The van der Waals surface area contributed by atoms with E-state index >= 15 is 0 Å². The van der Waals surface area contributed by atoms with Crippen LogP contribution in [0.2, 0.25) is 0 Å². The van der Waals surface area contributed by atoms with Crippen molar-refractivity contribution in [2.75, 3.05) is 0 Å². The first-order valence-corrected chi connectivity index (χ1v) is 9.73. The minimum atomic E-state index is -0.0982. The summed E-state index contributed by atoms with van der Waals surface area (Å²) in [5.74, 6) is -0.180. The number of carbonyl (C=O) groups excluding carboxylic acids is 2. The van der Waals surface area contributed by atoms with E-state index in [1.54, 1.807) is 4.90 Å². The van der Waals surface area contributed by atoms with Gasteiger partial charge in [0.15, 0.2) is 0 Å². The van der Waals surface area contributed by atoms with Crippen molar-refractivity contribution in [2.24, 2.45) is 0 Å². The van der Waals surface area contributed by atoms with E-state index in [1.807, 2.05) is 31.2 Å². The summed E-state index contributed by atoms with van der Waals surface area (Å²) in [6.07, 6.45) is 5.30. The van der Waals surface area contributed by atoms with Crippen LogP contribution in [0.15, 0.2) is 29.2 Å². The average Bonchev–Trinajstić information content (AvgIpc) is 2.79. The number of aryl methyl sites for hydroxylation is 1. The number of benzene rings is 1. The summed E-state index contributed by atoms with van der Waals surface area (Å²) in [7, 11) is 0. The van der Waals surface area contributed by atoms with Crippen LogP contribution in [0.5, 0.6) is 0 Å². The van der Waals surface area contributed by atoms with Gasteiger partial charge in [-0.15, -0.1) is 11.8 Å². The van der Waals surface area contributed by atoms with Crippen LogP contribution in [-0.2, 0) is 9.59 Å². The number of hydrogen-bond donors (Lipinski definition) is 0. The van der Waals surface area contributed by atoms with Crippen LogP contribution in [0.1, 0.15) is 57.1 Å². The van der Waals surface area contributed by atoms with Crippen molar-refractivity contribution in [3.63, 3.8) is 0 Å². The van der Waals surface area contributed by atoms with Gasteiger partial charge in [0, 0.05) is 11.3 Å². The second-order valence-corrected chi connectivity index (χ2v) is 8.60. The number of nitrogens with zero attached hydrogens (tertiary/aromatic N) is 1. The van der Waals surface area contributed by atoms with E-state index in [2.05, 4.69) is 13.8 Å². The van der Waals surface area contributed by atoms with Crippen molar-refractivity contribution in [3.8, 4) is 0 Å². The molecule has 1 aromatic rings. The molecule has 3 rings (SSSR count). The van der Waals surface area contributed by atoms with Crippen molar-refractivity contribution >= 4 is 29.1 Å². The van der Waals surface area contributed by atoms with Crippen LogP contribution >= 0.6 is 11.8 Å². The van der Waals surface area contributed by atoms with Crippen molar-refractivity contribution < 1.29 is 9.59 Å². The molecule has 1 fully saturated rings. The Labute approximate surface area is 148 Å². The Bertz CT molecular complexity index is 669. The highest BCUT2D eigenvalue weighted by Crippen LogP contribution is 2.40. The van der Waals surface area contributed by atoms with Crippen LogP contribution in [0.4, 0.5) is 0 Å². The standard InChI is InChI=1S/C20H25NO2S/c1-13(2)24-18-17(15-11-9-14(3)10-12-15)19(22)21(20(18)23)16-7-5-4-6-8-16/h9-13,16H,4-8H2,1-3H3. The second-order valence-electron chi connectivity index (χ2n) is 7.01. The van der Waals surface area contributed by atoms with E-state index in [0.717, 1.165) is 36.8 Å². The van der Waals surface area contributed by atoms with Gasteiger partial charge in [-0.25, -0.2) is 0 Å². The van der Waals surface area contributed by atoms with Gasteiger partial charge < -0.3 is 0 Å². The normalized spacial score (nSPS) is 19.8. The highest BCUT2D eigenvalue weighted by atomic mass is 32.2. The fraction of sp³-hybridized carbons (Fsp3) is 0.500.